The Morgan fingerprint density at radius 1 is 1.18 bits per heavy atom. The Morgan fingerprint density at radius 2 is 1.88 bits per heavy atom. The van der Waals surface area contributed by atoms with Crippen LogP contribution < -0.4 is 11.1 Å². The molecule has 1 aromatic carbocycles. The Kier molecular flexibility index (Phi) is 3.71. The van der Waals surface area contributed by atoms with E-state index in [1.54, 1.807) is 12.3 Å². The van der Waals surface area contributed by atoms with Crippen molar-refractivity contribution < 1.29 is 0 Å². The molecular weight excluding hydrogens is 257 g/mol. The lowest BCUT2D eigenvalue weighted by atomic mass is 10.2. The second-order valence-electron chi connectivity index (χ2n) is 3.58. The molecule has 0 bridgehead atoms. The number of aromatic nitrogens is 1. The fourth-order valence-corrected chi connectivity index (χ4v) is 1.74. The third-order valence-electron chi connectivity index (χ3n) is 2.24. The summed E-state index contributed by atoms with van der Waals surface area (Å²) in [4.78, 5) is 4.12. The van der Waals surface area contributed by atoms with Crippen molar-refractivity contribution in [3.8, 4) is 0 Å². The lowest BCUT2D eigenvalue weighted by Crippen LogP contribution is -2.02. The van der Waals surface area contributed by atoms with Crippen LogP contribution in [-0.4, -0.2) is 4.98 Å². The number of nitrogens with two attached hydrogens (primary N) is 1. The van der Waals surface area contributed by atoms with Crippen molar-refractivity contribution >= 4 is 34.7 Å². The lowest BCUT2D eigenvalue weighted by molar-refractivity contribution is 1.11. The second-order valence-corrected chi connectivity index (χ2v) is 4.42. The molecule has 0 spiro atoms. The maximum absolute atomic E-state index is 5.99. The number of nitrogens with zero attached hydrogens (tertiary/aromatic N) is 1. The molecule has 0 aliphatic rings. The van der Waals surface area contributed by atoms with E-state index in [1.807, 2.05) is 24.3 Å². The molecule has 88 valence electrons. The van der Waals surface area contributed by atoms with Gasteiger partial charge in [0.1, 0.15) is 5.82 Å². The first-order chi connectivity index (χ1) is 8.15. The van der Waals surface area contributed by atoms with E-state index in [0.29, 0.717) is 23.1 Å². The minimum absolute atomic E-state index is 0.513. The largest absolute Gasteiger partial charge is 0.397 e. The Labute approximate surface area is 110 Å². The zero-order chi connectivity index (χ0) is 12.3. The van der Waals surface area contributed by atoms with Crippen molar-refractivity contribution in [3.05, 3.63) is 52.1 Å². The average molecular weight is 268 g/mol. The Balaban J connectivity index is 2.04. The first-order valence-electron chi connectivity index (χ1n) is 5.04. The van der Waals surface area contributed by atoms with Gasteiger partial charge in [-0.1, -0.05) is 35.3 Å². The number of rotatable bonds is 3. The number of hydrogen-bond acceptors (Lipinski definition) is 3. The molecule has 0 fully saturated rings. The fraction of sp³-hybridized carbons (Fsp3) is 0.0833. The van der Waals surface area contributed by atoms with Gasteiger partial charge in [0.05, 0.1) is 16.9 Å². The van der Waals surface area contributed by atoms with E-state index in [2.05, 4.69) is 10.3 Å². The highest BCUT2D eigenvalue weighted by molar-refractivity contribution is 6.33. The smallest absolute Gasteiger partial charge is 0.145 e. The van der Waals surface area contributed by atoms with Crippen LogP contribution in [0.4, 0.5) is 11.5 Å². The molecule has 0 aliphatic heterocycles. The molecule has 0 saturated carbocycles. The third kappa shape index (κ3) is 3.25. The molecule has 1 heterocycles. The van der Waals surface area contributed by atoms with Crippen molar-refractivity contribution in [3.63, 3.8) is 0 Å². The van der Waals surface area contributed by atoms with Crippen molar-refractivity contribution in [1.82, 2.24) is 4.98 Å². The zero-order valence-corrected chi connectivity index (χ0v) is 10.5. The van der Waals surface area contributed by atoms with Gasteiger partial charge in [-0.3, -0.25) is 0 Å². The van der Waals surface area contributed by atoms with Crippen LogP contribution in [-0.2, 0) is 6.54 Å². The standard InChI is InChI=1S/C12H11Cl2N3/c13-9-3-1-8(2-4-9)6-16-12-11(14)5-10(15)7-17-12/h1-5,7H,6,15H2,(H,16,17). The SMILES string of the molecule is Nc1cnc(NCc2ccc(Cl)cc2)c(Cl)c1. The minimum atomic E-state index is 0.513. The van der Waals surface area contributed by atoms with Crippen LogP contribution >= 0.6 is 23.2 Å². The third-order valence-corrected chi connectivity index (χ3v) is 2.78. The molecule has 0 saturated heterocycles. The summed E-state index contributed by atoms with van der Waals surface area (Å²) in [6.45, 7) is 0.633. The first kappa shape index (κ1) is 12.0. The summed E-state index contributed by atoms with van der Waals surface area (Å²) in [5.41, 5.74) is 7.21. The van der Waals surface area contributed by atoms with Crippen LogP contribution in [0.1, 0.15) is 5.56 Å². The highest BCUT2D eigenvalue weighted by Crippen LogP contribution is 2.21. The highest BCUT2D eigenvalue weighted by atomic mass is 35.5. The van der Waals surface area contributed by atoms with Gasteiger partial charge in [0, 0.05) is 11.6 Å². The molecule has 1 aromatic heterocycles. The number of nitrogens with one attached hydrogen (secondary N) is 1. The van der Waals surface area contributed by atoms with Gasteiger partial charge in [-0.15, -0.1) is 0 Å². The van der Waals surface area contributed by atoms with Gasteiger partial charge in [0.15, 0.2) is 0 Å². The molecule has 2 aromatic rings. The fourth-order valence-electron chi connectivity index (χ4n) is 1.37. The summed E-state index contributed by atoms with van der Waals surface area (Å²) in [5.74, 6) is 0.621. The van der Waals surface area contributed by atoms with Crippen LogP contribution in [0.3, 0.4) is 0 Å². The molecule has 0 aliphatic carbocycles. The minimum Gasteiger partial charge on any atom is -0.397 e. The number of halogens is 2. The summed E-state index contributed by atoms with van der Waals surface area (Å²) in [6, 6.07) is 9.24. The predicted octanol–water partition coefficient (Wildman–Crippen LogP) is 3.58. The molecular formula is C12H11Cl2N3. The first-order valence-corrected chi connectivity index (χ1v) is 5.80. The predicted molar refractivity (Wildman–Crippen MR) is 72.4 cm³/mol. The van der Waals surface area contributed by atoms with Gasteiger partial charge in [-0.25, -0.2) is 4.98 Å². The molecule has 2 rings (SSSR count). The number of pyridine rings is 1. The Bertz CT molecular complexity index is 512. The molecule has 3 N–H and O–H groups in total. The van der Waals surface area contributed by atoms with E-state index < -0.39 is 0 Å². The van der Waals surface area contributed by atoms with Crippen molar-refractivity contribution in [2.24, 2.45) is 0 Å². The van der Waals surface area contributed by atoms with E-state index >= 15 is 0 Å². The van der Waals surface area contributed by atoms with Crippen LogP contribution in [0.25, 0.3) is 0 Å². The maximum Gasteiger partial charge on any atom is 0.145 e. The highest BCUT2D eigenvalue weighted by Gasteiger charge is 2.01. The molecule has 5 heteroatoms. The monoisotopic (exact) mass is 267 g/mol. The zero-order valence-electron chi connectivity index (χ0n) is 8.95. The summed E-state index contributed by atoms with van der Waals surface area (Å²) in [7, 11) is 0. The van der Waals surface area contributed by atoms with Crippen molar-refractivity contribution in [2.75, 3.05) is 11.1 Å². The van der Waals surface area contributed by atoms with E-state index in [-0.39, 0.29) is 0 Å². The summed E-state index contributed by atoms with van der Waals surface area (Å²) >= 11 is 11.8. The summed E-state index contributed by atoms with van der Waals surface area (Å²) in [5, 5.41) is 4.37. The normalized spacial score (nSPS) is 10.2. The molecule has 0 unspecified atom stereocenters. The molecule has 3 nitrogen and oxygen atoms in total. The van der Waals surface area contributed by atoms with Gasteiger partial charge < -0.3 is 11.1 Å². The number of benzene rings is 1. The van der Waals surface area contributed by atoms with Gasteiger partial charge in [-0.05, 0) is 23.8 Å². The number of hydrogen-bond donors (Lipinski definition) is 2. The molecule has 0 amide bonds. The Morgan fingerprint density at radius 3 is 2.53 bits per heavy atom. The lowest BCUT2D eigenvalue weighted by Gasteiger charge is -2.07. The van der Waals surface area contributed by atoms with Gasteiger partial charge in [-0.2, -0.15) is 0 Å². The number of anilines is 2. The Hall–Kier alpha value is -1.45. The molecule has 0 atom stereocenters. The maximum atomic E-state index is 5.99. The average Bonchev–Trinajstić information content (AvgIpc) is 2.30. The molecule has 17 heavy (non-hydrogen) atoms. The second kappa shape index (κ2) is 5.25. The van der Waals surface area contributed by atoms with E-state index in [1.165, 1.54) is 0 Å². The van der Waals surface area contributed by atoms with Crippen LogP contribution in [0, 0.1) is 0 Å². The van der Waals surface area contributed by atoms with Gasteiger partial charge >= 0.3 is 0 Å². The quantitative estimate of drug-likeness (QED) is 0.894. The van der Waals surface area contributed by atoms with Crippen molar-refractivity contribution in [2.45, 2.75) is 6.54 Å². The summed E-state index contributed by atoms with van der Waals surface area (Å²) in [6.07, 6.45) is 1.57. The van der Waals surface area contributed by atoms with Crippen molar-refractivity contribution in [1.29, 1.82) is 0 Å². The summed E-state index contributed by atoms with van der Waals surface area (Å²) < 4.78 is 0. The van der Waals surface area contributed by atoms with Crippen LogP contribution in [0.2, 0.25) is 10.0 Å². The molecule has 0 radical (unpaired) electrons. The van der Waals surface area contributed by atoms with Crippen LogP contribution in [0.5, 0.6) is 0 Å². The van der Waals surface area contributed by atoms with Gasteiger partial charge in [0.25, 0.3) is 0 Å². The van der Waals surface area contributed by atoms with E-state index in [0.717, 1.165) is 10.6 Å². The van der Waals surface area contributed by atoms with E-state index in [9.17, 15) is 0 Å². The van der Waals surface area contributed by atoms with E-state index in [4.69, 9.17) is 28.9 Å². The number of nitrogen functional groups attached to an aromatic ring is 1. The topological polar surface area (TPSA) is 50.9 Å². The van der Waals surface area contributed by atoms with Gasteiger partial charge in [0.2, 0.25) is 0 Å². The van der Waals surface area contributed by atoms with Crippen LogP contribution in [0.15, 0.2) is 36.5 Å².